The molecule has 0 fully saturated rings. The highest BCUT2D eigenvalue weighted by molar-refractivity contribution is 5.90. The third kappa shape index (κ3) is 4.75. The van der Waals surface area contributed by atoms with E-state index in [4.69, 9.17) is 10.5 Å². The van der Waals surface area contributed by atoms with E-state index in [-0.39, 0.29) is 23.3 Å². The lowest BCUT2D eigenvalue weighted by Gasteiger charge is -2.54. The Balaban J connectivity index is 1.69. The number of allylic oxidation sites excluding steroid dienone is 3. The minimum atomic E-state index is -1.39. The summed E-state index contributed by atoms with van der Waals surface area (Å²) in [5.74, 6) is 0.758. The molecule has 0 aromatic heterocycles. The van der Waals surface area contributed by atoms with Gasteiger partial charge in [-0.2, -0.15) is 0 Å². The maximum Gasteiger partial charge on any atom is 0.126 e. The van der Waals surface area contributed by atoms with Gasteiger partial charge in [-0.25, -0.2) is 0 Å². The zero-order chi connectivity index (χ0) is 32.2. The molecule has 0 spiro atoms. The minimum absolute atomic E-state index is 0.108. The summed E-state index contributed by atoms with van der Waals surface area (Å²) in [6, 6.07) is 10.5. The second-order valence-electron chi connectivity index (χ2n) is 13.0. The van der Waals surface area contributed by atoms with Crippen LogP contribution >= 0.6 is 0 Å². The number of rotatable bonds is 8. The van der Waals surface area contributed by atoms with E-state index in [1.165, 1.54) is 11.1 Å². The van der Waals surface area contributed by atoms with Crippen LogP contribution in [0.3, 0.4) is 0 Å². The number of fused-ring (bicyclic) bond motifs is 3. The van der Waals surface area contributed by atoms with Crippen molar-refractivity contribution in [1.82, 2.24) is 9.80 Å². The largest absolute Gasteiger partial charge is 0.510 e. The molecule has 4 atom stereocenters. The molecule has 4 N–H and O–H groups in total. The molecule has 5 rings (SSSR count). The van der Waals surface area contributed by atoms with Crippen molar-refractivity contribution in [2.75, 3.05) is 34.3 Å². The number of ether oxygens (including phenoxy) is 1. The first-order chi connectivity index (χ1) is 20.8. The van der Waals surface area contributed by atoms with E-state index >= 15 is 0 Å². The fourth-order valence-electron chi connectivity index (χ4n) is 8.30. The molecule has 234 valence electrons. The van der Waals surface area contributed by atoms with E-state index < -0.39 is 11.6 Å². The van der Waals surface area contributed by atoms with Gasteiger partial charge in [0.1, 0.15) is 17.1 Å². The van der Waals surface area contributed by atoms with Crippen LogP contribution in [0, 0.1) is 18.8 Å². The molecule has 1 unspecified atom stereocenters. The van der Waals surface area contributed by atoms with Gasteiger partial charge in [-0.1, -0.05) is 51.8 Å². The van der Waals surface area contributed by atoms with Crippen molar-refractivity contribution in [2.24, 2.45) is 17.6 Å². The van der Waals surface area contributed by atoms with Gasteiger partial charge in [0.2, 0.25) is 0 Å². The zero-order valence-electron chi connectivity index (χ0n) is 27.6. The van der Waals surface area contributed by atoms with Crippen molar-refractivity contribution in [3.63, 3.8) is 0 Å². The fraction of sp³-hybridized carbons (Fsp3) is 0.421. The summed E-state index contributed by atoms with van der Waals surface area (Å²) in [6.07, 6.45) is 1.45. The van der Waals surface area contributed by atoms with Crippen molar-refractivity contribution in [3.8, 4) is 16.9 Å². The van der Waals surface area contributed by atoms with E-state index in [2.05, 4.69) is 75.7 Å². The van der Waals surface area contributed by atoms with Gasteiger partial charge in [0, 0.05) is 29.3 Å². The smallest absolute Gasteiger partial charge is 0.126 e. The first-order valence-corrected chi connectivity index (χ1v) is 15.7. The predicted octanol–water partition coefficient (Wildman–Crippen LogP) is 6.55. The molecule has 2 aromatic carbocycles. The van der Waals surface area contributed by atoms with Gasteiger partial charge in [0.25, 0.3) is 0 Å². The number of nitrogens with two attached hydrogens (primary N) is 1. The van der Waals surface area contributed by atoms with E-state index in [0.717, 1.165) is 70.8 Å². The number of aliphatic hydroxyl groups excluding tert-OH is 1. The molecule has 6 heteroatoms. The van der Waals surface area contributed by atoms with Crippen molar-refractivity contribution in [3.05, 3.63) is 106 Å². The lowest BCUT2D eigenvalue weighted by molar-refractivity contribution is -0.0178. The highest BCUT2D eigenvalue weighted by Crippen LogP contribution is 2.58. The first kappa shape index (κ1) is 31.8. The van der Waals surface area contributed by atoms with Gasteiger partial charge in [-0.3, -0.25) is 9.80 Å². The van der Waals surface area contributed by atoms with Crippen molar-refractivity contribution >= 4 is 5.57 Å². The predicted molar refractivity (Wildman–Crippen MR) is 181 cm³/mol. The van der Waals surface area contributed by atoms with Crippen LogP contribution in [0.25, 0.3) is 16.7 Å². The maximum absolute atomic E-state index is 12.6. The van der Waals surface area contributed by atoms with Crippen molar-refractivity contribution < 1.29 is 14.9 Å². The highest BCUT2D eigenvalue weighted by atomic mass is 16.5. The van der Waals surface area contributed by atoms with Crippen LogP contribution < -0.4 is 10.5 Å². The number of likely N-dealkylation sites (N-methyl/N-ethyl adjacent to an activating group) is 1. The third-order valence-electron chi connectivity index (χ3n) is 10.5. The van der Waals surface area contributed by atoms with E-state index in [0.29, 0.717) is 17.6 Å². The molecule has 0 saturated heterocycles. The van der Waals surface area contributed by atoms with Gasteiger partial charge in [-0.05, 0) is 122 Å². The third-order valence-corrected chi connectivity index (χ3v) is 10.5. The SMILES string of the molecule is C=C(N)C1=C(O)C(N(C)C)[C@@H]2C[C@@H]3Cc4c(-c5cc(CN(CC)CC)ccc5OC)ccc(C)c4C(=C)C3=C(C)[C@]2(O)C1=C. The summed E-state index contributed by atoms with van der Waals surface area (Å²) >= 11 is 0. The van der Waals surface area contributed by atoms with Gasteiger partial charge < -0.3 is 20.7 Å². The number of benzene rings is 2. The first-order valence-electron chi connectivity index (χ1n) is 15.7. The molecular formula is C38H49N3O3. The van der Waals surface area contributed by atoms with E-state index in [1.807, 2.05) is 25.9 Å². The molecular weight excluding hydrogens is 546 g/mol. The van der Waals surface area contributed by atoms with Gasteiger partial charge in [0.15, 0.2) is 0 Å². The Labute approximate surface area is 263 Å². The Morgan fingerprint density at radius 3 is 2.36 bits per heavy atom. The lowest BCUT2D eigenvalue weighted by Crippen LogP contribution is -2.58. The molecule has 44 heavy (non-hydrogen) atoms. The average molecular weight is 596 g/mol. The molecule has 3 aliphatic rings. The number of hydrogen-bond donors (Lipinski definition) is 3. The molecule has 0 bridgehead atoms. The number of methoxy groups -OCH3 is 1. The van der Waals surface area contributed by atoms with Crippen LogP contribution in [0.5, 0.6) is 5.75 Å². The summed E-state index contributed by atoms with van der Waals surface area (Å²) in [5.41, 5.74) is 15.7. The number of nitrogens with zero attached hydrogens (tertiary/aromatic N) is 2. The number of aliphatic hydroxyl groups is 2. The Morgan fingerprint density at radius 1 is 1.09 bits per heavy atom. The summed E-state index contributed by atoms with van der Waals surface area (Å²) in [6.45, 7) is 24.3. The quantitative estimate of drug-likeness (QED) is 0.321. The summed E-state index contributed by atoms with van der Waals surface area (Å²) < 4.78 is 5.92. The van der Waals surface area contributed by atoms with Crippen molar-refractivity contribution in [2.45, 2.75) is 58.7 Å². The van der Waals surface area contributed by atoms with Crippen LogP contribution in [0.2, 0.25) is 0 Å². The Hall–Kier alpha value is -3.58. The monoisotopic (exact) mass is 595 g/mol. The highest BCUT2D eigenvalue weighted by Gasteiger charge is 2.57. The molecule has 3 aliphatic carbocycles. The Kier molecular flexibility index (Phi) is 8.49. The zero-order valence-corrected chi connectivity index (χ0v) is 27.6. The molecule has 0 saturated carbocycles. The van der Waals surface area contributed by atoms with Crippen LogP contribution in [0.4, 0.5) is 0 Å². The van der Waals surface area contributed by atoms with E-state index in [1.54, 1.807) is 7.11 Å². The summed E-state index contributed by atoms with van der Waals surface area (Å²) in [4.78, 5) is 4.38. The molecule has 2 aromatic rings. The molecule has 0 amide bonds. The van der Waals surface area contributed by atoms with Crippen LogP contribution in [0.15, 0.2) is 83.8 Å². The van der Waals surface area contributed by atoms with Crippen molar-refractivity contribution in [1.29, 1.82) is 0 Å². The number of hydrogen-bond acceptors (Lipinski definition) is 6. The molecule has 0 aliphatic heterocycles. The maximum atomic E-state index is 12.6. The van der Waals surface area contributed by atoms with Crippen LogP contribution in [0.1, 0.15) is 49.4 Å². The van der Waals surface area contributed by atoms with E-state index in [9.17, 15) is 10.2 Å². The molecule has 6 nitrogen and oxygen atoms in total. The normalized spacial score (nSPS) is 24.9. The fourth-order valence-corrected chi connectivity index (χ4v) is 8.30. The summed E-state index contributed by atoms with van der Waals surface area (Å²) in [5, 5.41) is 24.1. The molecule has 0 heterocycles. The van der Waals surface area contributed by atoms with Gasteiger partial charge in [0.05, 0.1) is 13.2 Å². The molecule has 0 radical (unpaired) electrons. The Morgan fingerprint density at radius 2 is 1.77 bits per heavy atom. The second-order valence-corrected chi connectivity index (χ2v) is 13.0. The standard InChI is InChI=1S/C38H49N3O3/c1-11-41(12-2)20-26-14-16-32(44-10)29(17-26)28-15-13-21(3)33-22(4)34-23(5)38(43)24(6)35(25(7)39)37(42)36(40(8)9)31(38)19-27(34)18-30(28)33/h13-17,27,31,36,42-43H,4,6-7,11-12,18-20,39H2,1-3,5,8-10H3/t27-,31-,36?,38-/m0/s1. The van der Waals surface area contributed by atoms with Crippen LogP contribution in [-0.4, -0.2) is 66.0 Å². The Bertz CT molecular complexity index is 1610. The van der Waals surface area contributed by atoms with Crippen LogP contribution in [-0.2, 0) is 13.0 Å². The number of aryl methyl sites for hydroxylation is 1. The van der Waals surface area contributed by atoms with Gasteiger partial charge >= 0.3 is 0 Å². The lowest BCUT2D eigenvalue weighted by atomic mass is 9.55. The second kappa shape index (κ2) is 11.7. The summed E-state index contributed by atoms with van der Waals surface area (Å²) in [7, 11) is 5.58. The minimum Gasteiger partial charge on any atom is -0.510 e. The average Bonchev–Trinajstić information content (AvgIpc) is 2.97. The van der Waals surface area contributed by atoms with Gasteiger partial charge in [-0.15, -0.1) is 0 Å². The topological polar surface area (TPSA) is 82.2 Å².